The van der Waals surface area contributed by atoms with Crippen molar-refractivity contribution in [1.29, 1.82) is 0 Å². The van der Waals surface area contributed by atoms with E-state index in [0.717, 1.165) is 22.4 Å². The fraction of sp³-hybridized carbons (Fsp3) is 0.125. The normalized spacial score (nSPS) is 10.8. The standard InChI is InChI=1S/C16H14N2O2/c19-16(20)11-18-14-9-5-4-8-13(14)17-15(18)10-12-6-2-1-3-7-12/h1-9H,10-11H2,(H,19,20)/p-1. The molecule has 4 heteroatoms. The zero-order valence-corrected chi connectivity index (χ0v) is 10.8. The molecule has 0 spiro atoms. The van der Waals surface area contributed by atoms with E-state index >= 15 is 0 Å². The van der Waals surface area contributed by atoms with E-state index in [4.69, 9.17) is 0 Å². The number of rotatable bonds is 4. The van der Waals surface area contributed by atoms with E-state index in [9.17, 15) is 9.90 Å². The molecule has 0 fully saturated rings. The van der Waals surface area contributed by atoms with Crippen molar-refractivity contribution >= 4 is 17.0 Å². The highest BCUT2D eigenvalue weighted by molar-refractivity contribution is 5.78. The van der Waals surface area contributed by atoms with Gasteiger partial charge in [-0.3, -0.25) is 0 Å². The number of carbonyl (C=O) groups excluding carboxylic acids is 1. The van der Waals surface area contributed by atoms with E-state index < -0.39 is 5.97 Å². The van der Waals surface area contributed by atoms with Crippen LogP contribution >= 0.6 is 0 Å². The van der Waals surface area contributed by atoms with E-state index in [2.05, 4.69) is 4.98 Å². The molecule has 0 aliphatic rings. The van der Waals surface area contributed by atoms with Gasteiger partial charge in [0.25, 0.3) is 0 Å². The molecule has 3 aromatic rings. The van der Waals surface area contributed by atoms with Crippen LogP contribution in [0.1, 0.15) is 11.4 Å². The Morgan fingerprint density at radius 1 is 1.05 bits per heavy atom. The topological polar surface area (TPSA) is 57.9 Å². The zero-order valence-electron chi connectivity index (χ0n) is 10.8. The fourth-order valence-corrected chi connectivity index (χ4v) is 2.34. The average Bonchev–Trinajstić information content (AvgIpc) is 2.78. The molecule has 1 heterocycles. The van der Waals surface area contributed by atoms with Crippen LogP contribution in [0.4, 0.5) is 0 Å². The number of aliphatic carboxylic acids is 1. The van der Waals surface area contributed by atoms with Gasteiger partial charge >= 0.3 is 0 Å². The molecular formula is C16H13N2O2-. The van der Waals surface area contributed by atoms with Crippen LogP contribution in [0.25, 0.3) is 11.0 Å². The number of hydrogen-bond acceptors (Lipinski definition) is 3. The van der Waals surface area contributed by atoms with Crippen molar-refractivity contribution in [3.8, 4) is 0 Å². The Morgan fingerprint density at radius 2 is 1.75 bits per heavy atom. The van der Waals surface area contributed by atoms with Gasteiger partial charge in [-0.2, -0.15) is 0 Å². The van der Waals surface area contributed by atoms with Crippen molar-refractivity contribution < 1.29 is 9.90 Å². The third kappa shape index (κ3) is 2.40. The largest absolute Gasteiger partial charge is 0.548 e. The van der Waals surface area contributed by atoms with Gasteiger partial charge in [-0.15, -0.1) is 0 Å². The van der Waals surface area contributed by atoms with Gasteiger partial charge in [0.1, 0.15) is 5.82 Å². The summed E-state index contributed by atoms with van der Waals surface area (Å²) in [6.07, 6.45) is 0.600. The minimum absolute atomic E-state index is 0.178. The van der Waals surface area contributed by atoms with E-state index in [-0.39, 0.29) is 6.54 Å². The molecule has 0 bridgehead atoms. The molecule has 1 aromatic heterocycles. The van der Waals surface area contributed by atoms with Crippen molar-refractivity contribution in [2.24, 2.45) is 0 Å². The third-order valence-corrected chi connectivity index (χ3v) is 3.23. The van der Waals surface area contributed by atoms with Crippen LogP contribution in [0.5, 0.6) is 0 Å². The molecule has 20 heavy (non-hydrogen) atoms. The Hall–Kier alpha value is -2.62. The number of carbonyl (C=O) groups is 1. The molecular weight excluding hydrogens is 252 g/mol. The second-order valence-electron chi connectivity index (χ2n) is 4.64. The number of para-hydroxylation sites is 2. The van der Waals surface area contributed by atoms with Crippen molar-refractivity contribution in [3.05, 3.63) is 66.0 Å². The number of benzene rings is 2. The molecule has 0 saturated carbocycles. The molecule has 0 atom stereocenters. The number of carboxylic acid groups (broad SMARTS) is 1. The van der Waals surface area contributed by atoms with Gasteiger partial charge in [0.2, 0.25) is 0 Å². The van der Waals surface area contributed by atoms with Gasteiger partial charge in [-0.1, -0.05) is 42.5 Å². The first-order valence-electron chi connectivity index (χ1n) is 6.42. The molecule has 0 unspecified atom stereocenters. The van der Waals surface area contributed by atoms with Crippen LogP contribution in [-0.2, 0) is 17.8 Å². The summed E-state index contributed by atoms with van der Waals surface area (Å²) in [6, 6.07) is 17.4. The molecule has 0 aliphatic carbocycles. The molecule has 3 rings (SSSR count). The lowest BCUT2D eigenvalue weighted by atomic mass is 10.1. The Kier molecular flexibility index (Phi) is 3.21. The molecule has 100 valence electrons. The lowest BCUT2D eigenvalue weighted by molar-refractivity contribution is -0.306. The summed E-state index contributed by atoms with van der Waals surface area (Å²) in [5, 5.41) is 11.0. The quantitative estimate of drug-likeness (QED) is 0.716. The molecule has 2 aromatic carbocycles. The minimum atomic E-state index is -1.11. The summed E-state index contributed by atoms with van der Waals surface area (Å²) in [7, 11) is 0. The lowest BCUT2D eigenvalue weighted by Crippen LogP contribution is -2.28. The molecule has 0 saturated heterocycles. The first kappa shape index (κ1) is 12.4. The molecule has 0 amide bonds. The number of hydrogen-bond donors (Lipinski definition) is 0. The zero-order chi connectivity index (χ0) is 13.9. The van der Waals surface area contributed by atoms with Gasteiger partial charge in [0.05, 0.1) is 23.5 Å². The third-order valence-electron chi connectivity index (χ3n) is 3.23. The molecule has 0 radical (unpaired) electrons. The first-order valence-corrected chi connectivity index (χ1v) is 6.42. The number of carboxylic acids is 1. The van der Waals surface area contributed by atoms with Crippen LogP contribution in [-0.4, -0.2) is 15.5 Å². The molecule has 0 aliphatic heterocycles. The smallest absolute Gasteiger partial charge is 0.114 e. The lowest BCUT2D eigenvalue weighted by Gasteiger charge is -2.09. The number of nitrogens with zero attached hydrogens (tertiary/aromatic N) is 2. The molecule has 4 nitrogen and oxygen atoms in total. The van der Waals surface area contributed by atoms with E-state index in [1.54, 1.807) is 4.57 Å². The summed E-state index contributed by atoms with van der Waals surface area (Å²) in [4.78, 5) is 15.5. The maximum Gasteiger partial charge on any atom is 0.114 e. The van der Waals surface area contributed by atoms with Crippen LogP contribution in [0, 0.1) is 0 Å². The van der Waals surface area contributed by atoms with Crippen molar-refractivity contribution in [3.63, 3.8) is 0 Å². The Balaban J connectivity index is 2.07. The van der Waals surface area contributed by atoms with Crippen LogP contribution in [0.3, 0.4) is 0 Å². The number of fused-ring (bicyclic) bond motifs is 1. The van der Waals surface area contributed by atoms with Crippen molar-refractivity contribution in [1.82, 2.24) is 9.55 Å². The second-order valence-corrected chi connectivity index (χ2v) is 4.64. The highest BCUT2D eigenvalue weighted by atomic mass is 16.4. The summed E-state index contributed by atoms with van der Waals surface area (Å²) >= 11 is 0. The van der Waals surface area contributed by atoms with Gasteiger partial charge in [-0.25, -0.2) is 4.98 Å². The average molecular weight is 265 g/mol. The van der Waals surface area contributed by atoms with Gasteiger partial charge < -0.3 is 14.5 Å². The van der Waals surface area contributed by atoms with Crippen LogP contribution < -0.4 is 5.11 Å². The minimum Gasteiger partial charge on any atom is -0.548 e. The van der Waals surface area contributed by atoms with Crippen molar-refractivity contribution in [2.75, 3.05) is 0 Å². The van der Waals surface area contributed by atoms with Gasteiger partial charge in [-0.05, 0) is 17.7 Å². The highest BCUT2D eigenvalue weighted by Gasteiger charge is 2.10. The summed E-state index contributed by atoms with van der Waals surface area (Å²) < 4.78 is 1.71. The second kappa shape index (κ2) is 5.17. The van der Waals surface area contributed by atoms with E-state index in [1.165, 1.54) is 0 Å². The highest BCUT2D eigenvalue weighted by Crippen LogP contribution is 2.18. The first-order chi connectivity index (χ1) is 9.74. The van der Waals surface area contributed by atoms with Crippen LogP contribution in [0.15, 0.2) is 54.6 Å². The summed E-state index contributed by atoms with van der Waals surface area (Å²) in [5.74, 6) is -0.371. The van der Waals surface area contributed by atoms with Gasteiger partial charge in [0, 0.05) is 6.42 Å². The SMILES string of the molecule is O=C([O-])Cn1c(Cc2ccccc2)nc2ccccc21. The Labute approximate surface area is 116 Å². The maximum absolute atomic E-state index is 11.0. The molecule has 0 N–H and O–H groups in total. The number of aromatic nitrogens is 2. The summed E-state index contributed by atoms with van der Waals surface area (Å²) in [6.45, 7) is -0.178. The van der Waals surface area contributed by atoms with Crippen molar-refractivity contribution in [2.45, 2.75) is 13.0 Å². The van der Waals surface area contributed by atoms with Gasteiger partial charge in [0.15, 0.2) is 0 Å². The van der Waals surface area contributed by atoms with Crippen LogP contribution in [0.2, 0.25) is 0 Å². The summed E-state index contributed by atoms with van der Waals surface area (Å²) in [5.41, 5.74) is 2.73. The predicted octanol–water partition coefficient (Wildman–Crippen LogP) is 1.38. The van der Waals surface area contributed by atoms with E-state index in [0.29, 0.717) is 6.42 Å². The Bertz CT molecular complexity index is 748. The predicted molar refractivity (Wildman–Crippen MR) is 74.0 cm³/mol. The maximum atomic E-state index is 11.0. The number of imidazole rings is 1. The fourth-order valence-electron chi connectivity index (χ4n) is 2.34. The monoisotopic (exact) mass is 265 g/mol. The Morgan fingerprint density at radius 3 is 2.50 bits per heavy atom. The van der Waals surface area contributed by atoms with E-state index in [1.807, 2.05) is 54.6 Å².